The van der Waals surface area contributed by atoms with Crippen LogP contribution in [-0.4, -0.2) is 72.4 Å². The minimum absolute atomic E-state index is 0.105. The predicted octanol–water partition coefficient (Wildman–Crippen LogP) is 3.35. The molecule has 0 unspecified atom stereocenters. The molecule has 1 aliphatic carbocycles. The maximum Gasteiger partial charge on any atom is 0.317 e. The van der Waals surface area contributed by atoms with E-state index >= 15 is 0 Å². The maximum atomic E-state index is 12.5. The molecule has 2 aliphatic heterocycles. The Morgan fingerprint density at radius 1 is 0.969 bits per heavy atom. The summed E-state index contributed by atoms with van der Waals surface area (Å²) in [5, 5.41) is 3.25. The highest BCUT2D eigenvalue weighted by Gasteiger charge is 2.27. The molecule has 0 bridgehead atoms. The SMILES string of the molecule is O=C(NC1CCC(Oc2cc(N3CCOCC3)cc3nccnc23)CC1)N1CCCCC1. The number of likely N-dealkylation sites (tertiary alicyclic amines) is 1. The number of hydrogen-bond donors (Lipinski definition) is 1. The summed E-state index contributed by atoms with van der Waals surface area (Å²) in [5.41, 5.74) is 2.78. The molecule has 2 saturated heterocycles. The van der Waals surface area contributed by atoms with Crippen molar-refractivity contribution in [3.05, 3.63) is 24.5 Å². The van der Waals surface area contributed by atoms with Crippen molar-refractivity contribution in [1.29, 1.82) is 0 Å². The van der Waals surface area contributed by atoms with Crippen molar-refractivity contribution in [3.8, 4) is 5.75 Å². The lowest BCUT2D eigenvalue weighted by Crippen LogP contribution is -2.48. The number of urea groups is 1. The van der Waals surface area contributed by atoms with Gasteiger partial charge in [0.1, 0.15) is 11.3 Å². The zero-order chi connectivity index (χ0) is 21.8. The van der Waals surface area contributed by atoms with Gasteiger partial charge in [-0.25, -0.2) is 9.78 Å². The number of amides is 2. The normalized spacial score (nSPS) is 24.4. The maximum absolute atomic E-state index is 12.5. The van der Waals surface area contributed by atoms with Gasteiger partial charge in [-0.05, 0) is 51.0 Å². The molecule has 5 rings (SSSR count). The van der Waals surface area contributed by atoms with Crippen LogP contribution in [0.4, 0.5) is 10.5 Å². The van der Waals surface area contributed by atoms with E-state index in [0.717, 1.165) is 100 Å². The average molecular weight is 440 g/mol. The van der Waals surface area contributed by atoms with Gasteiger partial charge in [0, 0.05) is 56.4 Å². The standard InChI is InChI=1S/C24H33N5O3/c30-24(29-10-2-1-3-11-29)27-18-4-6-20(7-5-18)32-22-17-19(28-12-14-31-15-13-28)16-21-23(22)26-9-8-25-21/h8-9,16-18,20H,1-7,10-15H2,(H,27,30). The molecule has 32 heavy (non-hydrogen) atoms. The van der Waals surface area contributed by atoms with Gasteiger partial charge in [-0.15, -0.1) is 0 Å². The first-order valence-electron chi connectivity index (χ1n) is 12.1. The molecule has 0 atom stereocenters. The summed E-state index contributed by atoms with van der Waals surface area (Å²) in [4.78, 5) is 25.9. The van der Waals surface area contributed by atoms with E-state index in [1.807, 2.05) is 4.90 Å². The van der Waals surface area contributed by atoms with Crippen LogP contribution in [0.2, 0.25) is 0 Å². The van der Waals surface area contributed by atoms with Crippen LogP contribution in [0.1, 0.15) is 44.9 Å². The molecule has 3 heterocycles. The molecule has 8 heteroatoms. The Kier molecular flexibility index (Phi) is 6.57. The zero-order valence-corrected chi connectivity index (χ0v) is 18.7. The average Bonchev–Trinajstić information content (AvgIpc) is 2.86. The number of nitrogens with one attached hydrogen (secondary N) is 1. The van der Waals surface area contributed by atoms with Crippen LogP contribution in [0.15, 0.2) is 24.5 Å². The highest BCUT2D eigenvalue weighted by molar-refractivity contribution is 5.85. The van der Waals surface area contributed by atoms with Gasteiger partial charge in [-0.3, -0.25) is 4.98 Å². The Hall–Kier alpha value is -2.61. The lowest BCUT2D eigenvalue weighted by atomic mass is 9.93. The molecular weight excluding hydrogens is 406 g/mol. The van der Waals surface area contributed by atoms with Crippen molar-refractivity contribution in [2.45, 2.75) is 57.1 Å². The number of piperidine rings is 1. The van der Waals surface area contributed by atoms with Gasteiger partial charge in [0.15, 0.2) is 0 Å². The number of hydrogen-bond acceptors (Lipinski definition) is 6. The van der Waals surface area contributed by atoms with E-state index in [0.29, 0.717) is 0 Å². The van der Waals surface area contributed by atoms with E-state index in [-0.39, 0.29) is 18.2 Å². The Morgan fingerprint density at radius 2 is 1.72 bits per heavy atom. The summed E-state index contributed by atoms with van der Waals surface area (Å²) in [5.74, 6) is 0.804. The Labute approximate surface area is 189 Å². The predicted molar refractivity (Wildman–Crippen MR) is 123 cm³/mol. The van der Waals surface area contributed by atoms with Gasteiger partial charge in [0.05, 0.1) is 24.8 Å². The molecule has 172 valence electrons. The van der Waals surface area contributed by atoms with Crippen molar-refractivity contribution in [2.24, 2.45) is 0 Å². The summed E-state index contributed by atoms with van der Waals surface area (Å²) in [6.07, 6.45) is 10.8. The summed E-state index contributed by atoms with van der Waals surface area (Å²) in [6.45, 7) is 4.99. The van der Waals surface area contributed by atoms with Crippen LogP contribution in [0.25, 0.3) is 11.0 Å². The number of carbonyl (C=O) groups is 1. The number of carbonyl (C=O) groups excluding carboxylic acids is 1. The van der Waals surface area contributed by atoms with E-state index in [1.165, 1.54) is 6.42 Å². The summed E-state index contributed by atoms with van der Waals surface area (Å²) >= 11 is 0. The van der Waals surface area contributed by atoms with E-state index in [2.05, 4.69) is 32.3 Å². The fourth-order valence-corrected chi connectivity index (χ4v) is 4.99. The van der Waals surface area contributed by atoms with Crippen molar-refractivity contribution < 1.29 is 14.3 Å². The molecule has 8 nitrogen and oxygen atoms in total. The molecule has 1 aromatic heterocycles. The number of ether oxygens (including phenoxy) is 2. The molecule has 3 aliphatic rings. The van der Waals surface area contributed by atoms with E-state index < -0.39 is 0 Å². The molecule has 0 spiro atoms. The fraction of sp³-hybridized carbons (Fsp3) is 0.625. The van der Waals surface area contributed by atoms with Crippen LogP contribution < -0.4 is 15.0 Å². The first-order valence-corrected chi connectivity index (χ1v) is 12.1. The smallest absolute Gasteiger partial charge is 0.317 e. The van der Waals surface area contributed by atoms with Gasteiger partial charge in [0.2, 0.25) is 0 Å². The van der Waals surface area contributed by atoms with Crippen LogP contribution in [0.3, 0.4) is 0 Å². The third-order valence-corrected chi connectivity index (χ3v) is 6.84. The van der Waals surface area contributed by atoms with E-state index in [1.54, 1.807) is 12.4 Å². The third-order valence-electron chi connectivity index (χ3n) is 6.84. The van der Waals surface area contributed by atoms with Crippen LogP contribution in [-0.2, 0) is 4.74 Å². The highest BCUT2D eigenvalue weighted by Crippen LogP contribution is 2.33. The fourth-order valence-electron chi connectivity index (χ4n) is 4.99. The first-order chi connectivity index (χ1) is 15.8. The van der Waals surface area contributed by atoms with Gasteiger partial charge in [0.25, 0.3) is 0 Å². The number of rotatable bonds is 4. The van der Waals surface area contributed by atoms with Gasteiger partial charge >= 0.3 is 6.03 Å². The molecule has 3 fully saturated rings. The first kappa shape index (κ1) is 21.2. The highest BCUT2D eigenvalue weighted by atomic mass is 16.5. The molecule has 0 radical (unpaired) electrons. The zero-order valence-electron chi connectivity index (χ0n) is 18.7. The van der Waals surface area contributed by atoms with E-state index in [4.69, 9.17) is 9.47 Å². The van der Waals surface area contributed by atoms with Crippen molar-refractivity contribution in [3.63, 3.8) is 0 Å². The van der Waals surface area contributed by atoms with Crippen molar-refractivity contribution in [1.82, 2.24) is 20.2 Å². The van der Waals surface area contributed by atoms with Crippen LogP contribution >= 0.6 is 0 Å². The number of nitrogens with zero attached hydrogens (tertiary/aromatic N) is 4. The topological polar surface area (TPSA) is 79.8 Å². The largest absolute Gasteiger partial charge is 0.488 e. The Morgan fingerprint density at radius 3 is 2.50 bits per heavy atom. The molecule has 2 aromatic rings. The lowest BCUT2D eigenvalue weighted by Gasteiger charge is -2.33. The van der Waals surface area contributed by atoms with Gasteiger partial charge in [-0.2, -0.15) is 0 Å². The van der Waals surface area contributed by atoms with Crippen molar-refractivity contribution >= 4 is 22.8 Å². The minimum atomic E-state index is 0.105. The molecular formula is C24H33N5O3. The molecule has 1 saturated carbocycles. The monoisotopic (exact) mass is 439 g/mol. The van der Waals surface area contributed by atoms with E-state index in [9.17, 15) is 4.79 Å². The number of aromatic nitrogens is 2. The number of anilines is 1. The van der Waals surface area contributed by atoms with Crippen LogP contribution in [0, 0.1) is 0 Å². The number of fused-ring (bicyclic) bond motifs is 1. The summed E-state index contributed by atoms with van der Waals surface area (Å²) in [6, 6.07) is 4.54. The number of morpholine rings is 1. The second-order valence-electron chi connectivity index (χ2n) is 9.06. The Balaban J connectivity index is 1.22. The van der Waals surface area contributed by atoms with Gasteiger partial charge in [-0.1, -0.05) is 0 Å². The number of benzene rings is 1. The third kappa shape index (κ3) is 4.90. The minimum Gasteiger partial charge on any atom is -0.488 e. The van der Waals surface area contributed by atoms with Gasteiger partial charge < -0.3 is 24.6 Å². The van der Waals surface area contributed by atoms with Crippen molar-refractivity contribution in [2.75, 3.05) is 44.3 Å². The quantitative estimate of drug-likeness (QED) is 0.787. The second-order valence-corrected chi connectivity index (χ2v) is 9.06. The molecule has 1 N–H and O–H groups in total. The molecule has 1 aromatic carbocycles. The summed E-state index contributed by atoms with van der Waals surface area (Å²) in [7, 11) is 0. The van der Waals surface area contributed by atoms with Crippen LogP contribution in [0.5, 0.6) is 5.75 Å². The lowest BCUT2D eigenvalue weighted by molar-refractivity contribution is 0.122. The Bertz CT molecular complexity index is 919. The molecule has 2 amide bonds. The summed E-state index contributed by atoms with van der Waals surface area (Å²) < 4.78 is 12.0. The second kappa shape index (κ2) is 9.90.